The van der Waals surface area contributed by atoms with Crippen LogP contribution in [-0.4, -0.2) is 20.3 Å². The fourth-order valence-electron chi connectivity index (χ4n) is 4.45. The Hall–Kier alpha value is -3.30. The molecule has 150 valence electrons. The summed E-state index contributed by atoms with van der Waals surface area (Å²) in [6.45, 7) is 0. The van der Waals surface area contributed by atoms with E-state index < -0.39 is 5.60 Å². The minimum atomic E-state index is -0.684. The Balaban J connectivity index is 1.63. The maximum absolute atomic E-state index is 6.90. The van der Waals surface area contributed by atoms with Gasteiger partial charge in [-0.3, -0.25) is 0 Å². The number of hydrogen-bond acceptors (Lipinski definition) is 3. The quantitative estimate of drug-likeness (QED) is 0.529. The predicted octanol–water partition coefficient (Wildman–Crippen LogP) is 5.71. The SMILES string of the molecule is COc1ccc(C2(c3ccc(OC)cc3)C=C[C@H]3c4ccccc4C=C[C@@H]3O2)cc1. The summed E-state index contributed by atoms with van der Waals surface area (Å²) in [5.74, 6) is 1.86. The standard InChI is InChI=1S/C27H24O3/c1-28-22-12-8-20(9-13-22)27(21-10-14-23(29-2)15-11-21)18-17-25-24-6-4-3-5-19(24)7-16-26(25)30-27/h3-18,25-26H,1-2H3/t25-,26-/m0/s1. The molecule has 0 N–H and O–H groups in total. The molecule has 3 aromatic carbocycles. The van der Waals surface area contributed by atoms with E-state index in [1.54, 1.807) is 14.2 Å². The molecule has 0 radical (unpaired) electrons. The van der Waals surface area contributed by atoms with Gasteiger partial charge in [0, 0.05) is 5.92 Å². The normalized spacial score (nSPS) is 20.9. The van der Waals surface area contributed by atoms with E-state index in [0.717, 1.165) is 22.6 Å². The van der Waals surface area contributed by atoms with E-state index in [1.807, 2.05) is 24.3 Å². The number of benzene rings is 3. The molecule has 2 atom stereocenters. The Kier molecular flexibility index (Phi) is 4.68. The van der Waals surface area contributed by atoms with Crippen molar-refractivity contribution in [1.29, 1.82) is 0 Å². The van der Waals surface area contributed by atoms with Gasteiger partial charge in [0.15, 0.2) is 0 Å². The van der Waals surface area contributed by atoms with E-state index in [2.05, 4.69) is 72.8 Å². The smallest absolute Gasteiger partial charge is 0.137 e. The van der Waals surface area contributed by atoms with Gasteiger partial charge < -0.3 is 14.2 Å². The summed E-state index contributed by atoms with van der Waals surface area (Å²) in [5.41, 5.74) is 4.01. The van der Waals surface area contributed by atoms with Gasteiger partial charge in [0.2, 0.25) is 0 Å². The summed E-state index contributed by atoms with van der Waals surface area (Å²) in [6, 6.07) is 24.8. The average Bonchev–Trinajstić information content (AvgIpc) is 2.83. The maximum atomic E-state index is 6.90. The second-order valence-electron chi connectivity index (χ2n) is 7.65. The first-order chi connectivity index (χ1) is 14.7. The number of fused-ring (bicyclic) bond motifs is 3. The highest BCUT2D eigenvalue weighted by Gasteiger charge is 2.41. The van der Waals surface area contributed by atoms with Crippen LogP contribution in [0.25, 0.3) is 6.08 Å². The Morgan fingerprint density at radius 2 is 1.33 bits per heavy atom. The lowest BCUT2D eigenvalue weighted by atomic mass is 9.77. The Labute approximate surface area is 177 Å². The Morgan fingerprint density at radius 3 is 1.93 bits per heavy atom. The van der Waals surface area contributed by atoms with Crippen LogP contribution in [0.4, 0.5) is 0 Å². The summed E-state index contributed by atoms with van der Waals surface area (Å²) in [5, 5.41) is 0. The summed E-state index contributed by atoms with van der Waals surface area (Å²) in [7, 11) is 3.36. The molecule has 0 fully saturated rings. The van der Waals surface area contributed by atoms with Crippen molar-refractivity contribution in [3.05, 3.63) is 113 Å². The molecule has 0 saturated carbocycles. The van der Waals surface area contributed by atoms with Gasteiger partial charge in [0.05, 0.1) is 20.3 Å². The first kappa shape index (κ1) is 18.7. The minimum Gasteiger partial charge on any atom is -0.497 e. The van der Waals surface area contributed by atoms with E-state index >= 15 is 0 Å². The van der Waals surface area contributed by atoms with E-state index in [4.69, 9.17) is 14.2 Å². The summed E-state index contributed by atoms with van der Waals surface area (Å²) in [6.07, 6.45) is 8.80. The summed E-state index contributed by atoms with van der Waals surface area (Å²) < 4.78 is 17.6. The van der Waals surface area contributed by atoms with Gasteiger partial charge in [0.25, 0.3) is 0 Å². The third kappa shape index (κ3) is 3.03. The molecule has 3 nitrogen and oxygen atoms in total. The van der Waals surface area contributed by atoms with Crippen LogP contribution >= 0.6 is 0 Å². The van der Waals surface area contributed by atoms with Gasteiger partial charge in [0.1, 0.15) is 17.1 Å². The predicted molar refractivity (Wildman–Crippen MR) is 119 cm³/mol. The number of methoxy groups -OCH3 is 2. The van der Waals surface area contributed by atoms with Crippen molar-refractivity contribution in [2.45, 2.75) is 17.6 Å². The first-order valence-electron chi connectivity index (χ1n) is 10.2. The molecule has 2 aliphatic rings. The van der Waals surface area contributed by atoms with E-state index in [1.165, 1.54) is 11.1 Å². The van der Waals surface area contributed by atoms with Gasteiger partial charge in [-0.05, 0) is 52.6 Å². The monoisotopic (exact) mass is 396 g/mol. The molecule has 0 spiro atoms. The third-order valence-electron chi connectivity index (χ3n) is 6.07. The first-order valence-corrected chi connectivity index (χ1v) is 10.2. The molecule has 1 aliphatic carbocycles. The van der Waals surface area contributed by atoms with Crippen molar-refractivity contribution < 1.29 is 14.2 Å². The Bertz CT molecular complexity index is 1050. The molecule has 1 aliphatic heterocycles. The van der Waals surface area contributed by atoms with Crippen molar-refractivity contribution in [2.24, 2.45) is 0 Å². The molecule has 1 heterocycles. The second kappa shape index (κ2) is 7.51. The van der Waals surface area contributed by atoms with Crippen molar-refractivity contribution >= 4 is 6.08 Å². The molecule has 5 rings (SSSR count). The van der Waals surface area contributed by atoms with Crippen LogP contribution in [0.2, 0.25) is 0 Å². The van der Waals surface area contributed by atoms with Crippen LogP contribution in [0.3, 0.4) is 0 Å². The molecule has 3 aromatic rings. The van der Waals surface area contributed by atoms with Crippen molar-refractivity contribution in [3.8, 4) is 11.5 Å². The van der Waals surface area contributed by atoms with Crippen LogP contribution in [0.15, 0.2) is 91.0 Å². The molecule has 0 aromatic heterocycles. The van der Waals surface area contributed by atoms with Gasteiger partial charge in [-0.1, -0.05) is 66.8 Å². The lowest BCUT2D eigenvalue weighted by molar-refractivity contribution is -0.0352. The zero-order chi connectivity index (χ0) is 20.6. The van der Waals surface area contributed by atoms with Crippen LogP contribution in [0.5, 0.6) is 11.5 Å². The highest BCUT2D eigenvalue weighted by molar-refractivity contribution is 5.61. The fourth-order valence-corrected chi connectivity index (χ4v) is 4.45. The Morgan fingerprint density at radius 1 is 0.733 bits per heavy atom. The van der Waals surface area contributed by atoms with Crippen LogP contribution in [-0.2, 0) is 10.3 Å². The highest BCUT2D eigenvalue weighted by atomic mass is 16.5. The van der Waals surface area contributed by atoms with E-state index in [0.29, 0.717) is 0 Å². The molecular formula is C27H24O3. The van der Waals surface area contributed by atoms with E-state index in [9.17, 15) is 0 Å². The highest BCUT2D eigenvalue weighted by Crippen LogP contribution is 2.46. The summed E-state index contributed by atoms with van der Waals surface area (Å²) >= 11 is 0. The van der Waals surface area contributed by atoms with Crippen LogP contribution in [0.1, 0.15) is 28.2 Å². The number of ether oxygens (including phenoxy) is 3. The van der Waals surface area contributed by atoms with Gasteiger partial charge in [-0.15, -0.1) is 0 Å². The average molecular weight is 396 g/mol. The second-order valence-corrected chi connectivity index (χ2v) is 7.65. The van der Waals surface area contributed by atoms with Gasteiger partial charge in [-0.25, -0.2) is 0 Å². The van der Waals surface area contributed by atoms with Crippen molar-refractivity contribution in [1.82, 2.24) is 0 Å². The zero-order valence-electron chi connectivity index (χ0n) is 17.1. The molecule has 0 bridgehead atoms. The molecule has 0 unspecified atom stereocenters. The van der Waals surface area contributed by atoms with E-state index in [-0.39, 0.29) is 12.0 Å². The molecule has 3 heteroatoms. The topological polar surface area (TPSA) is 27.7 Å². The molecular weight excluding hydrogens is 372 g/mol. The number of hydrogen-bond donors (Lipinski definition) is 0. The number of rotatable bonds is 4. The fraction of sp³-hybridized carbons (Fsp3) is 0.185. The van der Waals surface area contributed by atoms with Crippen LogP contribution in [0, 0.1) is 0 Å². The van der Waals surface area contributed by atoms with Crippen molar-refractivity contribution in [3.63, 3.8) is 0 Å². The molecule has 0 saturated heterocycles. The lowest BCUT2D eigenvalue weighted by Gasteiger charge is -2.42. The van der Waals surface area contributed by atoms with Crippen LogP contribution < -0.4 is 9.47 Å². The van der Waals surface area contributed by atoms with Gasteiger partial charge >= 0.3 is 0 Å². The lowest BCUT2D eigenvalue weighted by Crippen LogP contribution is -2.39. The van der Waals surface area contributed by atoms with Gasteiger partial charge in [-0.2, -0.15) is 0 Å². The maximum Gasteiger partial charge on any atom is 0.137 e. The molecule has 30 heavy (non-hydrogen) atoms. The van der Waals surface area contributed by atoms with Crippen molar-refractivity contribution in [2.75, 3.05) is 14.2 Å². The minimum absolute atomic E-state index is 0.0471. The zero-order valence-corrected chi connectivity index (χ0v) is 17.1. The summed E-state index contributed by atoms with van der Waals surface area (Å²) in [4.78, 5) is 0. The molecule has 0 amide bonds. The largest absolute Gasteiger partial charge is 0.497 e. The third-order valence-corrected chi connectivity index (χ3v) is 6.07.